The van der Waals surface area contributed by atoms with Crippen molar-refractivity contribution in [2.75, 3.05) is 6.61 Å². The van der Waals surface area contributed by atoms with Gasteiger partial charge in [0.05, 0.1) is 18.2 Å². The summed E-state index contributed by atoms with van der Waals surface area (Å²) < 4.78 is 50.8. The fourth-order valence-electron chi connectivity index (χ4n) is 5.32. The lowest BCUT2D eigenvalue weighted by Crippen LogP contribution is -2.56. The Morgan fingerprint density at radius 2 is 1.94 bits per heavy atom. The van der Waals surface area contributed by atoms with Gasteiger partial charge in [-0.25, -0.2) is 0 Å². The zero-order chi connectivity index (χ0) is 23.6. The summed E-state index contributed by atoms with van der Waals surface area (Å²) in [4.78, 5) is 12.3. The van der Waals surface area contributed by atoms with Crippen LogP contribution in [0.15, 0.2) is 65.6 Å². The lowest BCUT2D eigenvalue weighted by molar-refractivity contribution is -0.278. The third-order valence-electron chi connectivity index (χ3n) is 6.94. The van der Waals surface area contributed by atoms with Gasteiger partial charge in [0.15, 0.2) is 11.0 Å². The Hall–Kier alpha value is -3.06. The molecule has 0 radical (unpaired) electrons. The summed E-state index contributed by atoms with van der Waals surface area (Å²) in [5.41, 5.74) is -1.55. The number of nitrogens with zero attached hydrogens (tertiary/aromatic N) is 1. The predicted octanol–water partition coefficient (Wildman–Crippen LogP) is 5.00. The second-order valence-corrected chi connectivity index (χ2v) is 9.32. The molecule has 2 aromatic carbocycles. The summed E-state index contributed by atoms with van der Waals surface area (Å²) in [6.45, 7) is 4.10. The Balaban J connectivity index is 1.72. The maximum Gasteiger partial charge on any atom is 0.419 e. The van der Waals surface area contributed by atoms with Gasteiger partial charge in [0.2, 0.25) is 0 Å². The molecule has 4 nitrogen and oxygen atoms in total. The van der Waals surface area contributed by atoms with E-state index in [4.69, 9.17) is 4.74 Å². The summed E-state index contributed by atoms with van der Waals surface area (Å²) in [5.74, 6) is 0.615. The predicted molar refractivity (Wildman–Crippen MR) is 120 cm³/mol. The zero-order valence-corrected chi connectivity index (χ0v) is 18.3. The number of aliphatic hydroxyl groups is 1. The van der Waals surface area contributed by atoms with E-state index in [2.05, 4.69) is 0 Å². The number of rotatable bonds is 2. The number of para-hydroxylation sites is 1. The first-order valence-electron chi connectivity index (χ1n) is 10.9. The van der Waals surface area contributed by atoms with E-state index in [9.17, 15) is 23.1 Å². The smallest absolute Gasteiger partial charge is 0.419 e. The number of aromatic nitrogens is 1. The quantitative estimate of drug-likeness (QED) is 0.554. The van der Waals surface area contributed by atoms with E-state index in [1.807, 2.05) is 19.1 Å². The lowest BCUT2D eigenvalue weighted by atomic mass is 9.66. The van der Waals surface area contributed by atoms with Crippen LogP contribution >= 0.6 is 0 Å². The summed E-state index contributed by atoms with van der Waals surface area (Å²) in [6.07, 6.45) is -0.308. The van der Waals surface area contributed by atoms with Crippen molar-refractivity contribution in [1.29, 1.82) is 0 Å². The highest BCUT2D eigenvalue weighted by atomic mass is 19.4. The fourth-order valence-corrected chi connectivity index (χ4v) is 5.32. The molecule has 1 aromatic heterocycles. The number of hydrogen-bond donors (Lipinski definition) is 1. The van der Waals surface area contributed by atoms with Crippen LogP contribution in [0.4, 0.5) is 13.2 Å². The van der Waals surface area contributed by atoms with Crippen molar-refractivity contribution >= 4 is 10.9 Å². The minimum atomic E-state index is -4.91. The minimum absolute atomic E-state index is 0.283. The van der Waals surface area contributed by atoms with Gasteiger partial charge >= 0.3 is 6.18 Å². The van der Waals surface area contributed by atoms with Gasteiger partial charge < -0.3 is 14.4 Å². The van der Waals surface area contributed by atoms with Crippen LogP contribution in [-0.4, -0.2) is 28.1 Å². The molecule has 0 amide bonds. The van der Waals surface area contributed by atoms with E-state index in [0.717, 1.165) is 11.1 Å². The molecule has 3 unspecified atom stereocenters. The Morgan fingerprint density at radius 1 is 1.18 bits per heavy atom. The van der Waals surface area contributed by atoms with Crippen LogP contribution in [0, 0.1) is 6.92 Å². The molecule has 1 N–H and O–H groups in total. The van der Waals surface area contributed by atoms with Crippen LogP contribution in [0.3, 0.4) is 0 Å². The molecule has 172 valence electrons. The highest BCUT2D eigenvalue weighted by molar-refractivity contribution is 5.79. The number of aryl methyl sites for hydroxylation is 1. The number of benzene rings is 2. The number of fused-ring (bicyclic) bond motifs is 2. The van der Waals surface area contributed by atoms with Gasteiger partial charge in [-0.2, -0.15) is 13.2 Å². The standard InChI is InChI=1S/C26H24F3NO3/c1-16-13-17-9-12-33-23(17)19(14-16)24(2)10-7-22(25(32,15-24)26(27,28)29)30-11-8-21(31)18-5-3-4-6-20(18)30/h3-8,10-11,13-14,22,32H,9,12,15H2,1-2H3. The molecular weight excluding hydrogens is 431 g/mol. The van der Waals surface area contributed by atoms with Crippen LogP contribution in [0.5, 0.6) is 5.75 Å². The largest absolute Gasteiger partial charge is 0.493 e. The van der Waals surface area contributed by atoms with Gasteiger partial charge in [0.25, 0.3) is 0 Å². The monoisotopic (exact) mass is 455 g/mol. The first-order chi connectivity index (χ1) is 15.5. The van der Waals surface area contributed by atoms with Crippen molar-refractivity contribution in [3.8, 4) is 5.75 Å². The molecular formula is C26H24F3NO3. The molecule has 1 aliphatic heterocycles. The summed E-state index contributed by atoms with van der Waals surface area (Å²) in [6, 6.07) is 10.1. The van der Waals surface area contributed by atoms with E-state index in [1.165, 1.54) is 22.9 Å². The van der Waals surface area contributed by atoms with Crippen LogP contribution in [0.2, 0.25) is 0 Å². The Labute approximate surface area is 188 Å². The normalized spacial score (nSPS) is 26.9. The van der Waals surface area contributed by atoms with E-state index in [1.54, 1.807) is 37.3 Å². The van der Waals surface area contributed by atoms with Gasteiger partial charge in [0, 0.05) is 41.5 Å². The van der Waals surface area contributed by atoms with Crippen molar-refractivity contribution in [2.24, 2.45) is 0 Å². The van der Waals surface area contributed by atoms with Crippen LogP contribution in [0.25, 0.3) is 10.9 Å². The molecule has 33 heavy (non-hydrogen) atoms. The lowest BCUT2D eigenvalue weighted by Gasteiger charge is -2.46. The zero-order valence-electron chi connectivity index (χ0n) is 18.3. The first kappa shape index (κ1) is 21.8. The van der Waals surface area contributed by atoms with Crippen LogP contribution < -0.4 is 10.2 Å². The number of pyridine rings is 1. The second-order valence-electron chi connectivity index (χ2n) is 9.32. The Kier molecular flexibility index (Phi) is 4.76. The van der Waals surface area contributed by atoms with E-state index < -0.39 is 29.7 Å². The van der Waals surface area contributed by atoms with E-state index >= 15 is 0 Å². The summed E-state index contributed by atoms with van der Waals surface area (Å²) >= 11 is 0. The molecule has 0 saturated heterocycles. The molecule has 7 heteroatoms. The Bertz CT molecular complexity index is 1340. The van der Waals surface area contributed by atoms with Gasteiger partial charge in [-0.15, -0.1) is 0 Å². The molecule has 0 saturated carbocycles. The van der Waals surface area contributed by atoms with Gasteiger partial charge in [-0.1, -0.05) is 48.9 Å². The Morgan fingerprint density at radius 3 is 2.70 bits per heavy atom. The number of ether oxygens (including phenoxy) is 1. The molecule has 0 fully saturated rings. The maximum atomic E-state index is 14.6. The van der Waals surface area contributed by atoms with Crippen molar-refractivity contribution in [3.05, 3.63) is 87.7 Å². The molecule has 0 spiro atoms. The van der Waals surface area contributed by atoms with Gasteiger partial charge in [0.1, 0.15) is 5.75 Å². The highest BCUT2D eigenvalue weighted by Gasteiger charge is 2.62. The molecule has 1 aliphatic carbocycles. The van der Waals surface area contributed by atoms with Crippen molar-refractivity contribution in [3.63, 3.8) is 0 Å². The number of allylic oxidation sites excluding steroid dienone is 1. The van der Waals surface area contributed by atoms with Crippen LogP contribution in [0.1, 0.15) is 36.1 Å². The average Bonchev–Trinajstić information content (AvgIpc) is 3.22. The average molecular weight is 455 g/mol. The molecule has 5 rings (SSSR count). The molecule has 3 aromatic rings. The third-order valence-corrected chi connectivity index (χ3v) is 6.94. The van der Waals surface area contributed by atoms with Crippen molar-refractivity contribution < 1.29 is 23.0 Å². The molecule has 0 bridgehead atoms. The number of halogens is 3. The summed E-state index contributed by atoms with van der Waals surface area (Å²) in [5, 5.41) is 11.7. The van der Waals surface area contributed by atoms with Crippen molar-refractivity contribution in [1.82, 2.24) is 4.57 Å². The van der Waals surface area contributed by atoms with Crippen LogP contribution in [-0.2, 0) is 11.8 Å². The number of hydrogen-bond acceptors (Lipinski definition) is 3. The SMILES string of the molecule is Cc1cc2c(c(C3(C)C=CC(n4ccc(=O)c5ccccc54)C(O)(C(F)(F)F)C3)c1)OCC2. The van der Waals surface area contributed by atoms with E-state index in [-0.39, 0.29) is 5.43 Å². The maximum absolute atomic E-state index is 14.6. The molecule has 2 heterocycles. The summed E-state index contributed by atoms with van der Waals surface area (Å²) in [7, 11) is 0. The fraction of sp³-hybridized carbons (Fsp3) is 0.346. The first-order valence-corrected chi connectivity index (χ1v) is 10.9. The molecule has 3 atom stereocenters. The second kappa shape index (κ2) is 7.22. The van der Waals surface area contributed by atoms with Crippen molar-refractivity contribution in [2.45, 2.75) is 49.9 Å². The number of alkyl halides is 3. The third kappa shape index (κ3) is 3.29. The van der Waals surface area contributed by atoms with E-state index in [0.29, 0.717) is 35.2 Å². The minimum Gasteiger partial charge on any atom is -0.493 e. The highest BCUT2D eigenvalue weighted by Crippen LogP contribution is 2.53. The van der Waals surface area contributed by atoms with Gasteiger partial charge in [-0.3, -0.25) is 4.79 Å². The van der Waals surface area contributed by atoms with Gasteiger partial charge in [-0.05, 0) is 24.6 Å². The topological polar surface area (TPSA) is 51.5 Å². The molecule has 2 aliphatic rings.